The van der Waals surface area contributed by atoms with Crippen LogP contribution in [-0.4, -0.2) is 32.2 Å². The van der Waals surface area contributed by atoms with E-state index in [2.05, 4.69) is 22.3 Å². The molecule has 39 heavy (non-hydrogen) atoms. The number of fused-ring (bicyclic) bond motifs is 4. The number of nitrogens with one attached hydrogen (secondary N) is 1. The summed E-state index contributed by atoms with van der Waals surface area (Å²) in [6.07, 6.45) is 0. The van der Waals surface area contributed by atoms with E-state index in [9.17, 15) is 9.59 Å². The van der Waals surface area contributed by atoms with Gasteiger partial charge in [-0.25, -0.2) is 0 Å². The number of hydrogen-bond donors (Lipinski definition) is 1. The number of benzene rings is 4. The van der Waals surface area contributed by atoms with E-state index in [0.717, 1.165) is 37.0 Å². The average molecular weight is 533 g/mol. The SMILES string of the molecule is O=C(Nc1ccc2sc3c(-c4cccc5c(=O)cc(N6CCOCC6)oc45)cccc3c2c1)c1ccccc1. The molecule has 0 spiro atoms. The van der Waals surface area contributed by atoms with Crippen molar-refractivity contribution < 1.29 is 13.9 Å². The van der Waals surface area contributed by atoms with E-state index in [4.69, 9.17) is 9.15 Å². The molecule has 1 fully saturated rings. The zero-order valence-corrected chi connectivity index (χ0v) is 21.8. The maximum Gasteiger partial charge on any atom is 0.255 e. The first-order chi connectivity index (χ1) is 19.2. The van der Waals surface area contributed by atoms with Crippen molar-refractivity contribution in [1.29, 1.82) is 0 Å². The number of nitrogens with zero attached hydrogens (tertiary/aromatic N) is 1. The van der Waals surface area contributed by atoms with Gasteiger partial charge in [-0.1, -0.05) is 48.5 Å². The van der Waals surface area contributed by atoms with Crippen LogP contribution in [0.2, 0.25) is 0 Å². The normalized spacial score (nSPS) is 13.8. The fraction of sp³-hybridized carbons (Fsp3) is 0.125. The van der Waals surface area contributed by atoms with Crippen molar-refractivity contribution in [2.24, 2.45) is 0 Å². The summed E-state index contributed by atoms with van der Waals surface area (Å²) < 4.78 is 14.1. The fourth-order valence-corrected chi connectivity index (χ4v) is 6.41. The first kappa shape index (κ1) is 23.6. The predicted octanol–water partition coefficient (Wildman–Crippen LogP) is 6.92. The van der Waals surface area contributed by atoms with Crippen molar-refractivity contribution in [3.8, 4) is 11.1 Å². The highest BCUT2D eigenvalue weighted by Crippen LogP contribution is 2.42. The lowest BCUT2D eigenvalue weighted by Gasteiger charge is -2.27. The molecule has 192 valence electrons. The highest BCUT2D eigenvalue weighted by molar-refractivity contribution is 7.26. The molecule has 0 bridgehead atoms. The maximum atomic E-state index is 13.1. The Morgan fingerprint density at radius 2 is 1.56 bits per heavy atom. The van der Waals surface area contributed by atoms with Gasteiger partial charge in [0.1, 0.15) is 5.58 Å². The Kier molecular flexibility index (Phi) is 5.87. The fourth-order valence-electron chi connectivity index (χ4n) is 5.20. The lowest BCUT2D eigenvalue weighted by Crippen LogP contribution is -2.36. The van der Waals surface area contributed by atoms with Gasteiger partial charge in [0.2, 0.25) is 0 Å². The Balaban J connectivity index is 1.34. The zero-order chi connectivity index (χ0) is 26.3. The second-order valence-corrected chi connectivity index (χ2v) is 10.6. The molecule has 7 heteroatoms. The third kappa shape index (κ3) is 4.26. The van der Waals surface area contributed by atoms with Crippen LogP contribution in [0.4, 0.5) is 11.6 Å². The van der Waals surface area contributed by atoms with E-state index in [1.165, 1.54) is 0 Å². The molecule has 3 heterocycles. The molecule has 1 aliphatic heterocycles. The van der Waals surface area contributed by atoms with Crippen LogP contribution < -0.4 is 15.6 Å². The Hall–Kier alpha value is -4.46. The van der Waals surface area contributed by atoms with Crippen molar-refractivity contribution in [1.82, 2.24) is 0 Å². The smallest absolute Gasteiger partial charge is 0.255 e. The van der Waals surface area contributed by atoms with E-state index < -0.39 is 0 Å². The number of anilines is 2. The van der Waals surface area contributed by atoms with Crippen LogP contribution in [0.25, 0.3) is 42.3 Å². The molecule has 1 aliphatic rings. The van der Waals surface area contributed by atoms with Crippen LogP contribution >= 0.6 is 11.3 Å². The van der Waals surface area contributed by atoms with Crippen LogP contribution in [-0.2, 0) is 4.74 Å². The number of thiophene rings is 1. The van der Waals surface area contributed by atoms with Gasteiger partial charge in [-0.3, -0.25) is 9.59 Å². The largest absolute Gasteiger partial charge is 0.440 e. The highest BCUT2D eigenvalue weighted by Gasteiger charge is 2.19. The summed E-state index contributed by atoms with van der Waals surface area (Å²) in [7, 11) is 0. The minimum Gasteiger partial charge on any atom is -0.440 e. The molecular weight excluding hydrogens is 508 g/mol. The molecule has 4 aromatic carbocycles. The molecule has 0 saturated carbocycles. The summed E-state index contributed by atoms with van der Waals surface area (Å²) in [6.45, 7) is 2.59. The first-order valence-electron chi connectivity index (χ1n) is 12.9. The Morgan fingerprint density at radius 1 is 0.795 bits per heavy atom. The predicted molar refractivity (Wildman–Crippen MR) is 158 cm³/mol. The van der Waals surface area contributed by atoms with Crippen LogP contribution in [0.15, 0.2) is 100 Å². The number of hydrogen-bond acceptors (Lipinski definition) is 6. The van der Waals surface area contributed by atoms with Crippen molar-refractivity contribution in [2.75, 3.05) is 36.5 Å². The molecule has 1 saturated heterocycles. The van der Waals surface area contributed by atoms with Crippen molar-refractivity contribution >= 4 is 60.0 Å². The molecule has 1 amide bonds. The number of ether oxygens (including phenoxy) is 1. The topological polar surface area (TPSA) is 71.8 Å². The standard InChI is InChI=1S/C32H24N2O4S/c35-27-19-29(34-14-16-37-17-15-34)38-30-22(8-4-11-25(27)30)23-9-5-10-24-26-18-21(12-13-28(26)39-31(23)24)33-32(36)20-6-2-1-3-7-20/h1-13,18-19H,14-17H2,(H,33,36). The molecule has 0 unspecified atom stereocenters. The maximum absolute atomic E-state index is 13.1. The van der Waals surface area contributed by atoms with Crippen molar-refractivity contribution in [2.45, 2.75) is 0 Å². The molecular formula is C32H24N2O4S. The molecule has 6 aromatic rings. The lowest BCUT2D eigenvalue weighted by atomic mass is 10.0. The number of morpholine rings is 1. The van der Waals surface area contributed by atoms with E-state index in [1.807, 2.05) is 60.7 Å². The number of para-hydroxylation sites is 1. The van der Waals surface area contributed by atoms with Crippen LogP contribution in [0.5, 0.6) is 0 Å². The molecule has 1 N–H and O–H groups in total. The second kappa shape index (κ2) is 9.69. The van der Waals surface area contributed by atoms with Gasteiger partial charge >= 0.3 is 0 Å². The number of carbonyl (C=O) groups is 1. The van der Waals surface area contributed by atoms with Crippen LogP contribution in [0, 0.1) is 0 Å². The first-order valence-corrected chi connectivity index (χ1v) is 13.7. The highest BCUT2D eigenvalue weighted by atomic mass is 32.1. The lowest BCUT2D eigenvalue weighted by molar-refractivity contribution is 0.102. The zero-order valence-electron chi connectivity index (χ0n) is 21.0. The van der Waals surface area contributed by atoms with Gasteiger partial charge in [-0.05, 0) is 36.4 Å². The Morgan fingerprint density at radius 3 is 2.38 bits per heavy atom. The van der Waals surface area contributed by atoms with Crippen LogP contribution in [0.1, 0.15) is 10.4 Å². The summed E-state index contributed by atoms with van der Waals surface area (Å²) in [5.41, 5.74) is 3.79. The second-order valence-electron chi connectivity index (χ2n) is 9.55. The van der Waals surface area contributed by atoms with Crippen molar-refractivity contribution in [3.63, 3.8) is 0 Å². The number of rotatable bonds is 4. The third-order valence-electron chi connectivity index (χ3n) is 7.15. The third-order valence-corrected chi connectivity index (χ3v) is 8.37. The van der Waals surface area contributed by atoms with Crippen molar-refractivity contribution in [3.05, 3.63) is 107 Å². The summed E-state index contributed by atoms with van der Waals surface area (Å²) in [4.78, 5) is 27.9. The Bertz CT molecular complexity index is 1920. The van der Waals surface area contributed by atoms with Gasteiger partial charge in [0.05, 0.1) is 18.6 Å². The van der Waals surface area contributed by atoms with Gasteiger partial charge in [0, 0.05) is 61.7 Å². The summed E-state index contributed by atoms with van der Waals surface area (Å²) in [5.74, 6) is 0.433. The van der Waals surface area contributed by atoms with E-state index in [-0.39, 0.29) is 11.3 Å². The summed E-state index contributed by atoms with van der Waals surface area (Å²) >= 11 is 1.69. The van der Waals surface area contributed by atoms with Gasteiger partial charge in [0.25, 0.3) is 5.91 Å². The minimum atomic E-state index is -0.142. The van der Waals surface area contributed by atoms with Gasteiger partial charge in [0.15, 0.2) is 11.3 Å². The van der Waals surface area contributed by atoms with E-state index >= 15 is 0 Å². The van der Waals surface area contributed by atoms with E-state index in [1.54, 1.807) is 29.5 Å². The number of amides is 1. The summed E-state index contributed by atoms with van der Waals surface area (Å²) in [6, 6.07) is 28.7. The molecule has 0 atom stereocenters. The number of carbonyl (C=O) groups excluding carboxylic acids is 1. The average Bonchev–Trinajstić information content (AvgIpc) is 3.36. The van der Waals surface area contributed by atoms with Crippen LogP contribution in [0.3, 0.4) is 0 Å². The summed E-state index contributed by atoms with van der Waals surface area (Å²) in [5, 5.41) is 5.74. The Labute approximate surface area is 228 Å². The molecule has 2 aromatic heterocycles. The molecule has 7 rings (SSSR count). The molecule has 0 aliphatic carbocycles. The molecule has 0 radical (unpaired) electrons. The minimum absolute atomic E-state index is 0.0538. The van der Waals surface area contributed by atoms with Gasteiger partial charge in [-0.15, -0.1) is 11.3 Å². The van der Waals surface area contributed by atoms with E-state index in [0.29, 0.717) is 48.7 Å². The quantitative estimate of drug-likeness (QED) is 0.267. The monoisotopic (exact) mass is 532 g/mol. The van der Waals surface area contributed by atoms with Gasteiger partial charge < -0.3 is 19.4 Å². The van der Waals surface area contributed by atoms with Gasteiger partial charge in [-0.2, -0.15) is 0 Å². The molecule has 6 nitrogen and oxygen atoms in total.